The predicted molar refractivity (Wildman–Crippen MR) is 343 cm³/mol. The molecule has 5 aliphatic rings. The van der Waals surface area contributed by atoms with Gasteiger partial charge in [0.1, 0.15) is 0 Å². The molecule has 0 fully saturated rings. The number of hydrogen-bond acceptors (Lipinski definition) is 0. The molecule has 0 unspecified atom stereocenters. The lowest BCUT2D eigenvalue weighted by molar-refractivity contribution is 0.491. The van der Waals surface area contributed by atoms with Crippen LogP contribution in [0.5, 0.6) is 0 Å². The van der Waals surface area contributed by atoms with Crippen molar-refractivity contribution < 1.29 is 0 Å². The summed E-state index contributed by atoms with van der Waals surface area (Å²) < 4.78 is 0. The maximum atomic E-state index is 2.67. The molecule has 81 heavy (non-hydrogen) atoms. The van der Waals surface area contributed by atoms with Gasteiger partial charge in [-0.3, -0.25) is 0 Å². The third kappa shape index (κ3) is 5.46. The van der Waals surface area contributed by atoms with Crippen molar-refractivity contribution >= 4 is 43.1 Å². The molecular weight excluding hydrogens is 973 g/mol. The Hall–Kier alpha value is -9.88. The van der Waals surface area contributed by atoms with Gasteiger partial charge in [0.25, 0.3) is 0 Å². The summed E-state index contributed by atoms with van der Waals surface area (Å²) in [6.45, 7) is 4.88. The van der Waals surface area contributed by atoms with Crippen molar-refractivity contribution in [3.8, 4) is 145 Å². The van der Waals surface area contributed by atoms with E-state index < -0.39 is 0 Å². The van der Waals surface area contributed by atoms with E-state index in [9.17, 15) is 0 Å². The number of hydrogen-bond donors (Lipinski definition) is 0. The maximum Gasteiger partial charge on any atom is 0.0210 e. The van der Waals surface area contributed by atoms with E-state index in [0.29, 0.717) is 0 Å². The molecule has 5 aliphatic carbocycles. The molecule has 0 radical (unpaired) electrons. The fraction of sp³-hybridized carbons (Fsp3) is 0.0617. The van der Waals surface area contributed by atoms with Gasteiger partial charge in [-0.2, -0.15) is 0 Å². The van der Waals surface area contributed by atoms with E-state index in [2.05, 4.69) is 257 Å². The van der Waals surface area contributed by atoms with Crippen molar-refractivity contribution in [1.29, 1.82) is 0 Å². The second-order valence-corrected chi connectivity index (χ2v) is 23.4. The van der Waals surface area contributed by atoms with Gasteiger partial charge in [-0.1, -0.05) is 232 Å². The summed E-state index contributed by atoms with van der Waals surface area (Å²) in [6, 6.07) is 94.0. The van der Waals surface area contributed by atoms with E-state index in [1.165, 1.54) is 199 Å². The first-order valence-electron chi connectivity index (χ1n) is 29.1. The number of benzene rings is 14. The van der Waals surface area contributed by atoms with Crippen LogP contribution in [-0.2, 0) is 5.41 Å². The Labute approximate surface area is 470 Å². The number of fused-ring (bicyclic) bond motifs is 15. The molecule has 0 saturated carbocycles. The first kappa shape index (κ1) is 44.0. The highest BCUT2D eigenvalue weighted by Crippen LogP contribution is 2.61. The normalized spacial score (nSPS) is 13.5. The molecule has 0 aliphatic heterocycles. The van der Waals surface area contributed by atoms with Gasteiger partial charge in [-0.25, -0.2) is 0 Å². The Morgan fingerprint density at radius 3 is 0.642 bits per heavy atom. The van der Waals surface area contributed by atoms with Crippen LogP contribution in [0.3, 0.4) is 0 Å². The summed E-state index contributed by atoms with van der Waals surface area (Å²) in [4.78, 5) is 0. The highest BCUT2D eigenvalue weighted by molar-refractivity contribution is 6.25. The summed E-state index contributed by atoms with van der Waals surface area (Å²) in [5.74, 6) is 0. The molecule has 0 heterocycles. The second kappa shape index (κ2) is 15.7. The van der Waals surface area contributed by atoms with Gasteiger partial charge in [0, 0.05) is 5.41 Å². The Kier molecular flexibility index (Phi) is 8.53. The van der Waals surface area contributed by atoms with Crippen molar-refractivity contribution in [3.63, 3.8) is 0 Å². The van der Waals surface area contributed by atoms with Crippen molar-refractivity contribution in [2.75, 3.05) is 0 Å². The molecule has 0 atom stereocenters. The fourth-order valence-corrected chi connectivity index (χ4v) is 16.7. The van der Waals surface area contributed by atoms with Crippen LogP contribution >= 0.6 is 0 Å². The SMILES string of the molecule is CCC1(CC)c2cc(-c3ccc4c5c(cccc35)-c3ccccc3-4)c(-c3ccc4c5c(cccc35)-c3ccccc3-4)cc2-c2cc(-c3ccc4c5c(cccc35)-c3ccccc3-4)c(-c3ccc4c5c(cccc35)-c3ccccc3-4)cc21. The molecule has 0 nitrogen and oxygen atoms in total. The zero-order valence-corrected chi connectivity index (χ0v) is 45.0. The van der Waals surface area contributed by atoms with Gasteiger partial charge >= 0.3 is 0 Å². The van der Waals surface area contributed by atoms with E-state index in [1.807, 2.05) is 0 Å². The molecule has 0 saturated heterocycles. The average molecular weight is 1020 g/mol. The van der Waals surface area contributed by atoms with E-state index in [4.69, 9.17) is 0 Å². The molecule has 0 amide bonds. The Morgan fingerprint density at radius 1 is 0.185 bits per heavy atom. The highest BCUT2D eigenvalue weighted by atomic mass is 14.5. The van der Waals surface area contributed by atoms with Crippen LogP contribution in [0.2, 0.25) is 0 Å². The summed E-state index contributed by atoms with van der Waals surface area (Å²) in [7, 11) is 0. The minimum Gasteiger partial charge on any atom is -0.0642 e. The van der Waals surface area contributed by atoms with Crippen LogP contribution in [0.1, 0.15) is 37.8 Å². The zero-order chi connectivity index (χ0) is 53.0. The number of rotatable bonds is 6. The van der Waals surface area contributed by atoms with Gasteiger partial charge in [0.2, 0.25) is 0 Å². The maximum absolute atomic E-state index is 2.67. The fourth-order valence-electron chi connectivity index (χ4n) is 16.7. The first-order valence-corrected chi connectivity index (χ1v) is 29.1. The van der Waals surface area contributed by atoms with Gasteiger partial charge in [-0.15, -0.1) is 0 Å². The van der Waals surface area contributed by atoms with Gasteiger partial charge in [0.15, 0.2) is 0 Å². The second-order valence-electron chi connectivity index (χ2n) is 23.4. The Balaban J connectivity index is 0.926. The monoisotopic (exact) mass is 1020 g/mol. The van der Waals surface area contributed by atoms with Gasteiger partial charge < -0.3 is 0 Å². The summed E-state index contributed by atoms with van der Waals surface area (Å²) in [6.07, 6.45) is 1.94. The predicted octanol–water partition coefficient (Wildman–Crippen LogP) is 22.6. The molecule has 0 aromatic heterocycles. The zero-order valence-electron chi connectivity index (χ0n) is 45.0. The largest absolute Gasteiger partial charge is 0.0642 e. The quantitative estimate of drug-likeness (QED) is 0.156. The minimum atomic E-state index is -0.255. The molecule has 14 aromatic carbocycles. The van der Waals surface area contributed by atoms with Crippen LogP contribution in [0, 0.1) is 0 Å². The Morgan fingerprint density at radius 2 is 0.395 bits per heavy atom. The molecule has 19 rings (SSSR count). The minimum absolute atomic E-state index is 0.255. The molecule has 0 heteroatoms. The smallest absolute Gasteiger partial charge is 0.0210 e. The average Bonchev–Trinajstić information content (AvgIpc) is 4.48. The first-order chi connectivity index (χ1) is 40.1. The van der Waals surface area contributed by atoms with Crippen molar-refractivity contribution in [1.82, 2.24) is 0 Å². The highest BCUT2D eigenvalue weighted by Gasteiger charge is 2.43. The molecule has 0 N–H and O–H groups in total. The van der Waals surface area contributed by atoms with Crippen LogP contribution in [0.4, 0.5) is 0 Å². The molecule has 0 bridgehead atoms. The lowest BCUT2D eigenvalue weighted by Crippen LogP contribution is -2.23. The van der Waals surface area contributed by atoms with E-state index >= 15 is 0 Å². The molecule has 374 valence electrons. The summed E-state index contributed by atoms with van der Waals surface area (Å²) >= 11 is 0. The van der Waals surface area contributed by atoms with Gasteiger partial charge in [0.05, 0.1) is 0 Å². The third-order valence-corrected chi connectivity index (χ3v) is 20.2. The lowest BCUT2D eigenvalue weighted by Gasteiger charge is -2.31. The standard InChI is InChI=1S/C81H50/c1-3-81(4-2)75-43-71(55-35-39-67-51-23-11-7-19-47(51)59-27-15-31-63(55)79(59)67)69(53-33-37-65-49-21-9-5-17-45(49)57-25-13-29-61(53)77(57)65)41-73(75)74-42-70(54-34-38-66-50-22-10-6-18-46(50)58-26-14-30-62(54)78(58)66)72(44-76(74)81)56-36-40-68-52-24-12-8-20-48(52)60-28-16-32-64(56)80(60)68/h5-44H,3-4H2,1-2H3. The van der Waals surface area contributed by atoms with Crippen LogP contribution in [0.25, 0.3) is 188 Å². The van der Waals surface area contributed by atoms with Crippen molar-refractivity contribution in [2.24, 2.45) is 0 Å². The van der Waals surface area contributed by atoms with E-state index in [1.54, 1.807) is 0 Å². The van der Waals surface area contributed by atoms with Gasteiger partial charge in [-0.05, 0) is 236 Å². The molecule has 14 aromatic rings. The van der Waals surface area contributed by atoms with E-state index in [0.717, 1.165) is 12.8 Å². The van der Waals surface area contributed by atoms with Crippen molar-refractivity contribution in [3.05, 3.63) is 254 Å². The van der Waals surface area contributed by atoms with Crippen LogP contribution in [-0.4, -0.2) is 0 Å². The van der Waals surface area contributed by atoms with Crippen molar-refractivity contribution in [2.45, 2.75) is 32.1 Å². The third-order valence-electron chi connectivity index (χ3n) is 20.2. The molecular formula is C81H50. The lowest BCUT2D eigenvalue weighted by atomic mass is 9.72. The van der Waals surface area contributed by atoms with Crippen LogP contribution < -0.4 is 0 Å². The van der Waals surface area contributed by atoms with E-state index in [-0.39, 0.29) is 5.41 Å². The summed E-state index contributed by atoms with van der Waals surface area (Å²) in [5, 5.41) is 10.6. The topological polar surface area (TPSA) is 0 Å². The molecule has 0 spiro atoms. The Bertz CT molecular complexity index is 4810. The summed E-state index contributed by atoms with van der Waals surface area (Å²) in [5.41, 5.74) is 36.7. The van der Waals surface area contributed by atoms with Crippen LogP contribution in [0.15, 0.2) is 243 Å².